The molecule has 4 heteroatoms. The summed E-state index contributed by atoms with van der Waals surface area (Å²) in [4.78, 5) is 10.8. The first-order valence-electron chi connectivity index (χ1n) is 4.46. The molecule has 76 valence electrons. The Hall–Kier alpha value is -1.39. The van der Waals surface area contributed by atoms with E-state index in [1.165, 1.54) is 6.92 Å². The van der Waals surface area contributed by atoms with Gasteiger partial charge in [-0.1, -0.05) is 12.1 Å². The fourth-order valence-corrected chi connectivity index (χ4v) is 1.19. The Labute approximate surface area is 83.3 Å². The van der Waals surface area contributed by atoms with Crippen LogP contribution in [0.1, 0.15) is 18.5 Å². The second kappa shape index (κ2) is 4.74. The third kappa shape index (κ3) is 2.83. The molecule has 0 unspecified atom stereocenters. The van der Waals surface area contributed by atoms with Crippen LogP contribution in [0.2, 0.25) is 0 Å². The molecule has 14 heavy (non-hydrogen) atoms. The zero-order valence-electron chi connectivity index (χ0n) is 8.16. The van der Waals surface area contributed by atoms with Gasteiger partial charge in [0.15, 0.2) is 0 Å². The van der Waals surface area contributed by atoms with Gasteiger partial charge in [0.1, 0.15) is 0 Å². The molecule has 0 aliphatic rings. The minimum atomic E-state index is -0.177. The molecule has 0 bridgehead atoms. The Bertz CT molecular complexity index is 325. The van der Waals surface area contributed by atoms with Crippen molar-refractivity contribution in [2.75, 3.05) is 11.9 Å². The number of carbonyl (C=O) groups excluding carboxylic acids is 1. The molecule has 1 aromatic rings. The molecular formula is C10H15N3O. The van der Waals surface area contributed by atoms with Gasteiger partial charge in [-0.15, -0.1) is 0 Å². The molecule has 0 aliphatic carbocycles. The monoisotopic (exact) mass is 193 g/mol. The number of anilines is 1. The predicted octanol–water partition coefficient (Wildman–Crippen LogP) is 0.603. The number of hydrogen-bond acceptors (Lipinski definition) is 3. The average Bonchev–Trinajstić information content (AvgIpc) is 2.16. The molecule has 0 aromatic heterocycles. The first-order chi connectivity index (χ1) is 6.63. The van der Waals surface area contributed by atoms with Gasteiger partial charge in [0.05, 0.1) is 0 Å². The summed E-state index contributed by atoms with van der Waals surface area (Å²) in [5, 5.41) is 2.69. The summed E-state index contributed by atoms with van der Waals surface area (Å²) in [5.41, 5.74) is 12.9. The van der Waals surface area contributed by atoms with Crippen LogP contribution in [-0.2, 0) is 4.79 Å². The fraction of sp³-hybridized carbons (Fsp3) is 0.300. The van der Waals surface area contributed by atoms with Crippen LogP contribution in [0.3, 0.4) is 0 Å². The van der Waals surface area contributed by atoms with Crippen LogP contribution in [0.4, 0.5) is 5.69 Å². The number of rotatable bonds is 3. The van der Waals surface area contributed by atoms with Crippen molar-refractivity contribution < 1.29 is 4.79 Å². The SMILES string of the molecule is CC(=O)Nc1cccc([C@H](N)CN)c1. The van der Waals surface area contributed by atoms with Crippen molar-refractivity contribution in [3.63, 3.8) is 0 Å². The van der Waals surface area contributed by atoms with Gasteiger partial charge < -0.3 is 16.8 Å². The second-order valence-corrected chi connectivity index (χ2v) is 3.15. The van der Waals surface area contributed by atoms with Crippen LogP contribution in [0, 0.1) is 0 Å². The summed E-state index contributed by atoms with van der Waals surface area (Å²) in [5.74, 6) is -0.0940. The van der Waals surface area contributed by atoms with Gasteiger partial charge in [-0.05, 0) is 17.7 Å². The van der Waals surface area contributed by atoms with E-state index in [2.05, 4.69) is 5.32 Å². The minimum absolute atomic E-state index is 0.0940. The number of benzene rings is 1. The number of carbonyl (C=O) groups is 1. The number of amides is 1. The Morgan fingerprint density at radius 1 is 1.57 bits per heavy atom. The van der Waals surface area contributed by atoms with Gasteiger partial charge in [-0.25, -0.2) is 0 Å². The fourth-order valence-electron chi connectivity index (χ4n) is 1.19. The van der Waals surface area contributed by atoms with Crippen LogP contribution in [0.25, 0.3) is 0 Å². The zero-order valence-corrected chi connectivity index (χ0v) is 8.16. The van der Waals surface area contributed by atoms with E-state index in [4.69, 9.17) is 11.5 Å². The topological polar surface area (TPSA) is 81.1 Å². The highest BCUT2D eigenvalue weighted by Crippen LogP contribution is 2.15. The van der Waals surface area contributed by atoms with Crippen molar-refractivity contribution in [1.82, 2.24) is 0 Å². The highest BCUT2D eigenvalue weighted by molar-refractivity contribution is 5.88. The Kier molecular flexibility index (Phi) is 3.62. The summed E-state index contributed by atoms with van der Waals surface area (Å²) in [6.45, 7) is 1.86. The maximum Gasteiger partial charge on any atom is 0.221 e. The molecule has 1 aromatic carbocycles. The predicted molar refractivity (Wildman–Crippen MR) is 56.7 cm³/mol. The van der Waals surface area contributed by atoms with E-state index in [1.54, 1.807) is 0 Å². The molecule has 4 nitrogen and oxygen atoms in total. The Balaban J connectivity index is 2.83. The molecule has 0 saturated carbocycles. The third-order valence-corrected chi connectivity index (χ3v) is 1.89. The van der Waals surface area contributed by atoms with E-state index in [0.717, 1.165) is 11.3 Å². The molecule has 0 saturated heterocycles. The molecule has 1 rings (SSSR count). The van der Waals surface area contributed by atoms with Gasteiger partial charge in [-0.3, -0.25) is 4.79 Å². The molecule has 1 amide bonds. The number of hydrogen-bond donors (Lipinski definition) is 3. The van der Waals surface area contributed by atoms with Gasteiger partial charge in [0, 0.05) is 25.2 Å². The number of nitrogens with one attached hydrogen (secondary N) is 1. The van der Waals surface area contributed by atoms with E-state index in [1.807, 2.05) is 24.3 Å². The third-order valence-electron chi connectivity index (χ3n) is 1.89. The molecule has 5 N–H and O–H groups in total. The van der Waals surface area contributed by atoms with Crippen LogP contribution >= 0.6 is 0 Å². The zero-order chi connectivity index (χ0) is 10.6. The summed E-state index contributed by atoms with van der Waals surface area (Å²) < 4.78 is 0. The smallest absolute Gasteiger partial charge is 0.221 e. The van der Waals surface area contributed by atoms with Crippen LogP contribution in [0.5, 0.6) is 0 Å². The molecule has 0 radical (unpaired) electrons. The largest absolute Gasteiger partial charge is 0.329 e. The lowest BCUT2D eigenvalue weighted by atomic mass is 10.1. The van der Waals surface area contributed by atoms with Crippen molar-refractivity contribution in [2.45, 2.75) is 13.0 Å². The normalized spacial score (nSPS) is 12.2. The van der Waals surface area contributed by atoms with E-state index < -0.39 is 0 Å². The standard InChI is InChI=1S/C10H15N3O/c1-7(14)13-9-4-2-3-8(5-9)10(12)6-11/h2-5,10H,6,11-12H2,1H3,(H,13,14)/t10-/m1/s1. The Morgan fingerprint density at radius 2 is 2.29 bits per heavy atom. The quantitative estimate of drug-likeness (QED) is 0.657. The molecule has 0 heterocycles. The lowest BCUT2D eigenvalue weighted by molar-refractivity contribution is -0.114. The second-order valence-electron chi connectivity index (χ2n) is 3.15. The van der Waals surface area contributed by atoms with Crippen molar-refractivity contribution in [2.24, 2.45) is 11.5 Å². The van der Waals surface area contributed by atoms with Gasteiger partial charge in [-0.2, -0.15) is 0 Å². The van der Waals surface area contributed by atoms with E-state index in [9.17, 15) is 4.79 Å². The van der Waals surface area contributed by atoms with E-state index >= 15 is 0 Å². The summed E-state index contributed by atoms with van der Waals surface area (Å²) >= 11 is 0. The molecular weight excluding hydrogens is 178 g/mol. The van der Waals surface area contributed by atoms with Crippen LogP contribution < -0.4 is 16.8 Å². The molecule has 1 atom stereocenters. The van der Waals surface area contributed by atoms with Gasteiger partial charge >= 0.3 is 0 Å². The molecule has 0 fully saturated rings. The first kappa shape index (κ1) is 10.7. The lowest BCUT2D eigenvalue weighted by Crippen LogP contribution is -2.20. The first-order valence-corrected chi connectivity index (χ1v) is 4.46. The van der Waals surface area contributed by atoms with Crippen molar-refractivity contribution in [1.29, 1.82) is 0 Å². The lowest BCUT2D eigenvalue weighted by Gasteiger charge is -2.10. The summed E-state index contributed by atoms with van der Waals surface area (Å²) in [7, 11) is 0. The van der Waals surface area contributed by atoms with Crippen molar-refractivity contribution >= 4 is 11.6 Å². The minimum Gasteiger partial charge on any atom is -0.329 e. The highest BCUT2D eigenvalue weighted by atomic mass is 16.1. The Morgan fingerprint density at radius 3 is 2.86 bits per heavy atom. The average molecular weight is 193 g/mol. The van der Waals surface area contributed by atoms with Crippen LogP contribution in [-0.4, -0.2) is 12.5 Å². The maximum atomic E-state index is 10.8. The molecule has 0 aliphatic heterocycles. The molecule has 0 spiro atoms. The van der Waals surface area contributed by atoms with Crippen molar-refractivity contribution in [3.8, 4) is 0 Å². The van der Waals surface area contributed by atoms with Crippen molar-refractivity contribution in [3.05, 3.63) is 29.8 Å². The van der Waals surface area contributed by atoms with Gasteiger partial charge in [0.25, 0.3) is 0 Å². The van der Waals surface area contributed by atoms with E-state index in [-0.39, 0.29) is 11.9 Å². The van der Waals surface area contributed by atoms with Gasteiger partial charge in [0.2, 0.25) is 5.91 Å². The number of nitrogens with two attached hydrogens (primary N) is 2. The highest BCUT2D eigenvalue weighted by Gasteiger charge is 2.04. The van der Waals surface area contributed by atoms with E-state index in [0.29, 0.717) is 6.54 Å². The van der Waals surface area contributed by atoms with Crippen LogP contribution in [0.15, 0.2) is 24.3 Å². The summed E-state index contributed by atoms with van der Waals surface area (Å²) in [6, 6.07) is 7.20. The summed E-state index contributed by atoms with van der Waals surface area (Å²) in [6.07, 6.45) is 0. The maximum absolute atomic E-state index is 10.8.